The number of hydrogen-bond donors (Lipinski definition) is 0. The molecule has 1 unspecified atom stereocenters. The third-order valence-electron chi connectivity index (χ3n) is 4.22. The van der Waals surface area contributed by atoms with Crippen LogP contribution in [0.3, 0.4) is 0 Å². The Balaban J connectivity index is 1.81. The molecule has 0 radical (unpaired) electrons. The van der Waals surface area contributed by atoms with Crippen LogP contribution in [-0.2, 0) is 16.0 Å². The summed E-state index contributed by atoms with van der Waals surface area (Å²) in [5.41, 5.74) is 1.12. The van der Waals surface area contributed by atoms with Crippen molar-refractivity contribution in [3.05, 3.63) is 64.2 Å². The van der Waals surface area contributed by atoms with Gasteiger partial charge in [-0.1, -0.05) is 18.2 Å². The molecule has 2 aromatic rings. The molecule has 0 N–H and O–H groups in total. The number of rotatable bonds is 5. The monoisotopic (exact) mass is 340 g/mol. The molecule has 3 rings (SSSR count). The highest BCUT2D eigenvalue weighted by atomic mass is 16.6. The van der Waals surface area contributed by atoms with Crippen LogP contribution >= 0.6 is 0 Å². The maximum Gasteiger partial charge on any atom is 0.269 e. The number of nitrogens with zero attached hydrogens (tertiary/aromatic N) is 2. The Labute approximate surface area is 144 Å². The van der Waals surface area contributed by atoms with E-state index in [2.05, 4.69) is 0 Å². The fourth-order valence-electron chi connectivity index (χ4n) is 2.99. The molecule has 0 aromatic heterocycles. The van der Waals surface area contributed by atoms with E-state index in [0.29, 0.717) is 17.9 Å². The predicted molar refractivity (Wildman–Crippen MR) is 90.4 cm³/mol. The predicted octanol–water partition coefficient (Wildman–Crippen LogP) is 2.73. The number of ether oxygens (including phenoxy) is 1. The minimum atomic E-state index is -0.526. The summed E-state index contributed by atoms with van der Waals surface area (Å²) in [6.07, 6.45) is 0.506. The number of methoxy groups -OCH3 is 1. The summed E-state index contributed by atoms with van der Waals surface area (Å²) in [7, 11) is 1.56. The molecule has 1 fully saturated rings. The van der Waals surface area contributed by atoms with Gasteiger partial charge in [-0.2, -0.15) is 0 Å². The Hall–Kier alpha value is -3.22. The van der Waals surface area contributed by atoms with E-state index in [1.165, 1.54) is 24.3 Å². The number of imide groups is 1. The average molecular weight is 340 g/mol. The molecule has 128 valence electrons. The van der Waals surface area contributed by atoms with Gasteiger partial charge in [0.1, 0.15) is 5.75 Å². The van der Waals surface area contributed by atoms with Crippen molar-refractivity contribution in [2.24, 2.45) is 5.92 Å². The van der Waals surface area contributed by atoms with Crippen LogP contribution in [0, 0.1) is 16.0 Å². The molecule has 2 amide bonds. The van der Waals surface area contributed by atoms with Crippen molar-refractivity contribution < 1.29 is 19.2 Å². The number of hydrogen-bond acceptors (Lipinski definition) is 5. The van der Waals surface area contributed by atoms with Gasteiger partial charge in [0.05, 0.1) is 23.6 Å². The molecule has 1 saturated heterocycles. The van der Waals surface area contributed by atoms with E-state index in [4.69, 9.17) is 4.74 Å². The summed E-state index contributed by atoms with van der Waals surface area (Å²) >= 11 is 0. The number of anilines is 1. The number of benzene rings is 2. The van der Waals surface area contributed by atoms with E-state index in [1.807, 2.05) is 24.3 Å². The first-order valence-electron chi connectivity index (χ1n) is 7.74. The first-order valence-corrected chi connectivity index (χ1v) is 7.74. The Morgan fingerprint density at radius 3 is 2.48 bits per heavy atom. The Bertz CT molecular complexity index is 832. The van der Waals surface area contributed by atoms with E-state index < -0.39 is 10.8 Å². The third-order valence-corrected chi connectivity index (χ3v) is 4.22. The summed E-state index contributed by atoms with van der Waals surface area (Å²) in [4.78, 5) is 36.3. The van der Waals surface area contributed by atoms with Crippen LogP contribution in [0.15, 0.2) is 48.5 Å². The van der Waals surface area contributed by atoms with Gasteiger partial charge in [-0.25, -0.2) is 0 Å². The molecule has 0 saturated carbocycles. The third kappa shape index (κ3) is 3.21. The smallest absolute Gasteiger partial charge is 0.269 e. The second-order valence-electron chi connectivity index (χ2n) is 5.76. The highest BCUT2D eigenvalue weighted by Gasteiger charge is 2.39. The van der Waals surface area contributed by atoms with Crippen LogP contribution < -0.4 is 9.64 Å². The highest BCUT2D eigenvalue weighted by molar-refractivity contribution is 6.21. The number of carbonyl (C=O) groups excluding carboxylic acids is 2. The molecule has 2 aromatic carbocycles. The topological polar surface area (TPSA) is 89.8 Å². The van der Waals surface area contributed by atoms with Crippen LogP contribution in [0.2, 0.25) is 0 Å². The number of carbonyl (C=O) groups is 2. The van der Waals surface area contributed by atoms with Crippen molar-refractivity contribution in [3.8, 4) is 5.75 Å². The minimum Gasteiger partial charge on any atom is -0.496 e. The van der Waals surface area contributed by atoms with Crippen molar-refractivity contribution in [2.75, 3.05) is 12.0 Å². The molecule has 0 aliphatic carbocycles. The molecule has 7 heteroatoms. The molecule has 1 atom stereocenters. The Morgan fingerprint density at radius 2 is 1.84 bits per heavy atom. The van der Waals surface area contributed by atoms with Crippen molar-refractivity contribution in [2.45, 2.75) is 12.8 Å². The molecule has 0 bridgehead atoms. The van der Waals surface area contributed by atoms with Crippen molar-refractivity contribution in [1.29, 1.82) is 0 Å². The molecule has 0 spiro atoms. The van der Waals surface area contributed by atoms with E-state index in [9.17, 15) is 19.7 Å². The zero-order valence-corrected chi connectivity index (χ0v) is 13.5. The zero-order chi connectivity index (χ0) is 18.0. The lowest BCUT2D eigenvalue weighted by Gasteiger charge is -2.15. The highest BCUT2D eigenvalue weighted by Crippen LogP contribution is 2.31. The maximum absolute atomic E-state index is 12.7. The first kappa shape index (κ1) is 16.6. The molecule has 1 aliphatic heterocycles. The normalized spacial score (nSPS) is 17.0. The van der Waals surface area contributed by atoms with Gasteiger partial charge < -0.3 is 4.74 Å². The van der Waals surface area contributed by atoms with Gasteiger partial charge in [0, 0.05) is 18.6 Å². The number of nitro benzene ring substituents is 1. The van der Waals surface area contributed by atoms with Crippen molar-refractivity contribution in [3.63, 3.8) is 0 Å². The van der Waals surface area contributed by atoms with Gasteiger partial charge in [-0.05, 0) is 30.2 Å². The quantitative estimate of drug-likeness (QED) is 0.474. The fourth-order valence-corrected chi connectivity index (χ4v) is 2.99. The van der Waals surface area contributed by atoms with E-state index in [1.54, 1.807) is 7.11 Å². The van der Waals surface area contributed by atoms with E-state index in [-0.39, 0.29) is 23.9 Å². The largest absolute Gasteiger partial charge is 0.496 e. The molecular formula is C18H16N2O5. The molecule has 7 nitrogen and oxygen atoms in total. The SMILES string of the molecule is COc1ccccc1CC1CC(=O)N(c2ccc([N+](=O)[O-])cc2)C1=O. The molecule has 1 heterocycles. The first-order chi connectivity index (χ1) is 12.0. The second kappa shape index (κ2) is 6.72. The Morgan fingerprint density at radius 1 is 1.16 bits per heavy atom. The molecular weight excluding hydrogens is 324 g/mol. The van der Waals surface area contributed by atoms with Gasteiger partial charge in [0.2, 0.25) is 11.8 Å². The summed E-state index contributed by atoms with van der Waals surface area (Å²) < 4.78 is 5.29. The summed E-state index contributed by atoms with van der Waals surface area (Å²) in [5.74, 6) is -0.404. The maximum atomic E-state index is 12.7. The van der Waals surface area contributed by atoms with Crippen LogP contribution in [0.4, 0.5) is 11.4 Å². The van der Waals surface area contributed by atoms with Gasteiger partial charge in [0.25, 0.3) is 5.69 Å². The fraction of sp³-hybridized carbons (Fsp3) is 0.222. The molecule has 1 aliphatic rings. The Kier molecular flexibility index (Phi) is 4.47. The van der Waals surface area contributed by atoms with Gasteiger partial charge in [0.15, 0.2) is 0 Å². The summed E-state index contributed by atoms with van der Waals surface area (Å²) in [5, 5.41) is 10.7. The standard InChI is InChI=1S/C18H16N2O5/c1-25-16-5-3-2-4-12(16)10-13-11-17(21)19(18(13)22)14-6-8-15(9-7-14)20(23)24/h2-9,13H,10-11H2,1H3. The van der Waals surface area contributed by atoms with Gasteiger partial charge in [-0.15, -0.1) is 0 Å². The van der Waals surface area contributed by atoms with Gasteiger partial charge >= 0.3 is 0 Å². The van der Waals surface area contributed by atoms with E-state index in [0.717, 1.165) is 10.5 Å². The average Bonchev–Trinajstić information content (AvgIpc) is 2.89. The van der Waals surface area contributed by atoms with Crippen LogP contribution in [0.1, 0.15) is 12.0 Å². The molecule has 25 heavy (non-hydrogen) atoms. The van der Waals surface area contributed by atoms with Crippen molar-refractivity contribution in [1.82, 2.24) is 0 Å². The lowest BCUT2D eigenvalue weighted by atomic mass is 9.97. The van der Waals surface area contributed by atoms with Crippen molar-refractivity contribution >= 4 is 23.2 Å². The lowest BCUT2D eigenvalue weighted by molar-refractivity contribution is -0.384. The van der Waals surface area contributed by atoms with Crippen LogP contribution in [-0.4, -0.2) is 23.8 Å². The number of non-ortho nitro benzene ring substituents is 1. The number of amides is 2. The lowest BCUT2D eigenvalue weighted by Crippen LogP contribution is -2.30. The minimum absolute atomic E-state index is 0.0894. The zero-order valence-electron chi connectivity index (χ0n) is 13.5. The van der Waals surface area contributed by atoms with Crippen LogP contribution in [0.25, 0.3) is 0 Å². The van der Waals surface area contributed by atoms with Crippen LogP contribution in [0.5, 0.6) is 5.75 Å². The second-order valence-corrected chi connectivity index (χ2v) is 5.76. The summed E-state index contributed by atoms with van der Waals surface area (Å²) in [6, 6.07) is 12.8. The number of para-hydroxylation sites is 1. The van der Waals surface area contributed by atoms with E-state index >= 15 is 0 Å². The number of nitro groups is 1. The summed E-state index contributed by atoms with van der Waals surface area (Å²) in [6.45, 7) is 0. The van der Waals surface area contributed by atoms with Gasteiger partial charge in [-0.3, -0.25) is 24.6 Å².